The van der Waals surface area contributed by atoms with Crippen LogP contribution >= 0.6 is 35.1 Å². The second kappa shape index (κ2) is 9.80. The molecule has 9 heteroatoms. The third kappa shape index (κ3) is 5.87. The van der Waals surface area contributed by atoms with E-state index in [2.05, 4.69) is 20.2 Å². The Hall–Kier alpha value is -0.770. The van der Waals surface area contributed by atoms with Crippen LogP contribution in [0.5, 0.6) is 0 Å². The molecule has 25 heavy (non-hydrogen) atoms. The van der Waals surface area contributed by atoms with E-state index in [1.54, 1.807) is 29.8 Å². The predicted molar refractivity (Wildman–Crippen MR) is 106 cm³/mol. The summed E-state index contributed by atoms with van der Waals surface area (Å²) in [4.78, 5) is 15.1. The smallest absolute Gasteiger partial charge is 0.180 e. The summed E-state index contributed by atoms with van der Waals surface area (Å²) in [6.45, 7) is 8.30. The van der Waals surface area contributed by atoms with E-state index in [0.717, 1.165) is 50.0 Å². The Balaban J connectivity index is 0.00000225. The lowest BCUT2D eigenvalue weighted by Crippen LogP contribution is -2.30. The van der Waals surface area contributed by atoms with Gasteiger partial charge in [-0.15, -0.1) is 35.1 Å². The second-order valence-corrected chi connectivity index (χ2v) is 8.16. The Bertz CT molecular complexity index is 650. The van der Waals surface area contributed by atoms with E-state index >= 15 is 0 Å². The van der Waals surface area contributed by atoms with Crippen LogP contribution in [0.25, 0.3) is 0 Å². The maximum Gasteiger partial charge on any atom is 0.180 e. The molecule has 1 saturated heterocycles. The number of rotatable bonds is 6. The minimum Gasteiger partial charge on any atom is -0.375 e. The van der Waals surface area contributed by atoms with Gasteiger partial charge in [0.15, 0.2) is 5.13 Å². The molecule has 3 rings (SSSR count). The Morgan fingerprint density at radius 1 is 1.24 bits per heavy atom. The van der Waals surface area contributed by atoms with Crippen molar-refractivity contribution in [1.82, 2.24) is 19.8 Å². The van der Waals surface area contributed by atoms with Gasteiger partial charge in [-0.1, -0.05) is 0 Å². The van der Waals surface area contributed by atoms with Crippen molar-refractivity contribution in [3.8, 4) is 0 Å². The molecule has 0 radical (unpaired) electrons. The number of anilines is 1. The fourth-order valence-corrected chi connectivity index (χ4v) is 4.44. The van der Waals surface area contributed by atoms with Crippen LogP contribution in [0.4, 0.5) is 5.13 Å². The lowest BCUT2D eigenvalue weighted by atomic mass is 10.3. The highest BCUT2D eigenvalue weighted by atomic mass is 35.5. The number of methoxy groups -OCH3 is 1. The highest BCUT2D eigenvalue weighted by molar-refractivity contribution is 7.15. The average Bonchev–Trinajstić information content (AvgIpc) is 3.14. The summed E-state index contributed by atoms with van der Waals surface area (Å²) in [5, 5.41) is 3.88. The SMILES string of the molecule is COC(C)c1nc(CN2CCCN(Cc3cnc(N)s3)CC2)cs1.Cl. The fraction of sp³-hybridized carbons (Fsp3) is 0.625. The Labute approximate surface area is 163 Å². The van der Waals surface area contributed by atoms with E-state index in [0.29, 0.717) is 5.13 Å². The third-order valence-corrected chi connectivity index (χ3v) is 6.15. The Morgan fingerprint density at radius 3 is 2.60 bits per heavy atom. The molecule has 6 nitrogen and oxygen atoms in total. The van der Waals surface area contributed by atoms with E-state index in [4.69, 9.17) is 15.5 Å². The number of aromatic nitrogens is 2. The van der Waals surface area contributed by atoms with Crippen molar-refractivity contribution in [1.29, 1.82) is 0 Å². The summed E-state index contributed by atoms with van der Waals surface area (Å²) in [6, 6.07) is 0. The van der Waals surface area contributed by atoms with Crippen molar-refractivity contribution in [2.75, 3.05) is 39.0 Å². The van der Waals surface area contributed by atoms with Crippen molar-refractivity contribution in [2.24, 2.45) is 0 Å². The number of hydrogen-bond donors (Lipinski definition) is 1. The molecule has 3 heterocycles. The van der Waals surface area contributed by atoms with Crippen LogP contribution in [0.1, 0.15) is 35.0 Å². The van der Waals surface area contributed by atoms with Crippen LogP contribution in [-0.4, -0.2) is 53.1 Å². The molecule has 0 amide bonds. The molecule has 1 fully saturated rings. The summed E-state index contributed by atoms with van der Waals surface area (Å²) in [5.41, 5.74) is 6.88. The van der Waals surface area contributed by atoms with Crippen molar-refractivity contribution >= 4 is 40.2 Å². The summed E-state index contributed by atoms with van der Waals surface area (Å²) < 4.78 is 5.35. The molecule has 2 aromatic rings. The maximum atomic E-state index is 5.72. The van der Waals surface area contributed by atoms with Gasteiger partial charge in [0.2, 0.25) is 0 Å². The minimum absolute atomic E-state index is 0. The van der Waals surface area contributed by atoms with Crippen molar-refractivity contribution in [3.05, 3.63) is 27.2 Å². The first-order chi connectivity index (χ1) is 11.6. The number of halogens is 1. The lowest BCUT2D eigenvalue weighted by Gasteiger charge is -2.20. The largest absolute Gasteiger partial charge is 0.375 e. The van der Waals surface area contributed by atoms with E-state index in [1.165, 1.54) is 11.3 Å². The van der Waals surface area contributed by atoms with E-state index in [1.807, 2.05) is 13.1 Å². The number of nitrogens with zero attached hydrogens (tertiary/aromatic N) is 4. The monoisotopic (exact) mass is 403 g/mol. The molecule has 1 aliphatic rings. The van der Waals surface area contributed by atoms with E-state index in [-0.39, 0.29) is 18.5 Å². The fourth-order valence-electron chi connectivity index (χ4n) is 2.87. The molecular weight excluding hydrogens is 378 g/mol. The van der Waals surface area contributed by atoms with Gasteiger partial charge >= 0.3 is 0 Å². The number of ether oxygens (including phenoxy) is 1. The van der Waals surface area contributed by atoms with Gasteiger partial charge in [-0.3, -0.25) is 9.80 Å². The van der Waals surface area contributed by atoms with Gasteiger partial charge in [-0.25, -0.2) is 9.97 Å². The molecule has 1 unspecified atom stereocenters. The van der Waals surface area contributed by atoms with Crippen LogP contribution in [0.2, 0.25) is 0 Å². The van der Waals surface area contributed by atoms with E-state index in [9.17, 15) is 0 Å². The summed E-state index contributed by atoms with van der Waals surface area (Å²) in [7, 11) is 1.73. The highest BCUT2D eigenvalue weighted by Crippen LogP contribution is 2.22. The zero-order valence-electron chi connectivity index (χ0n) is 14.7. The Kier molecular flexibility index (Phi) is 8.05. The molecule has 2 N–H and O–H groups in total. The molecular formula is C16H26ClN5OS2. The number of nitrogen functional groups attached to an aromatic ring is 1. The quantitative estimate of drug-likeness (QED) is 0.799. The van der Waals surface area contributed by atoms with Crippen molar-refractivity contribution in [2.45, 2.75) is 32.5 Å². The molecule has 0 bridgehead atoms. The number of thiazole rings is 2. The number of hydrogen-bond acceptors (Lipinski definition) is 8. The standard InChI is InChI=1S/C16H25N5OS2.ClH/c1-12(22-2)15-19-13(11-23-15)9-20-4-3-5-21(7-6-20)10-14-8-18-16(17)24-14;/h8,11-12H,3-7,9-10H2,1-2H3,(H2,17,18);1H. The zero-order valence-corrected chi connectivity index (χ0v) is 17.1. The molecule has 1 aliphatic heterocycles. The normalized spacial score (nSPS) is 17.8. The van der Waals surface area contributed by atoms with Crippen LogP contribution < -0.4 is 5.73 Å². The number of nitrogens with two attached hydrogens (primary N) is 1. The van der Waals surface area contributed by atoms with Gasteiger partial charge in [-0.05, 0) is 26.4 Å². The molecule has 2 aromatic heterocycles. The van der Waals surface area contributed by atoms with Gasteiger partial charge in [0.05, 0.1) is 5.69 Å². The molecule has 0 spiro atoms. The first-order valence-electron chi connectivity index (χ1n) is 8.26. The van der Waals surface area contributed by atoms with Gasteiger partial charge in [0.1, 0.15) is 11.1 Å². The minimum atomic E-state index is 0. The first kappa shape index (κ1) is 20.5. The van der Waals surface area contributed by atoms with Gasteiger partial charge in [0, 0.05) is 49.7 Å². The first-order valence-corrected chi connectivity index (χ1v) is 9.95. The third-order valence-electron chi connectivity index (χ3n) is 4.29. The maximum absolute atomic E-state index is 5.72. The van der Waals surface area contributed by atoms with Crippen molar-refractivity contribution in [3.63, 3.8) is 0 Å². The average molecular weight is 404 g/mol. The van der Waals surface area contributed by atoms with Gasteiger partial charge < -0.3 is 10.5 Å². The van der Waals surface area contributed by atoms with E-state index < -0.39 is 0 Å². The summed E-state index contributed by atoms with van der Waals surface area (Å²) >= 11 is 3.28. The topological polar surface area (TPSA) is 67.5 Å². The summed E-state index contributed by atoms with van der Waals surface area (Å²) in [5.74, 6) is 0. The van der Waals surface area contributed by atoms with Gasteiger partial charge in [0.25, 0.3) is 0 Å². The highest BCUT2D eigenvalue weighted by Gasteiger charge is 2.17. The second-order valence-electron chi connectivity index (χ2n) is 6.13. The summed E-state index contributed by atoms with van der Waals surface area (Å²) in [6.07, 6.45) is 3.16. The zero-order chi connectivity index (χ0) is 16.9. The Morgan fingerprint density at radius 2 is 1.96 bits per heavy atom. The molecule has 0 aromatic carbocycles. The van der Waals surface area contributed by atoms with Crippen molar-refractivity contribution < 1.29 is 4.74 Å². The molecule has 0 aliphatic carbocycles. The van der Waals surface area contributed by atoms with Crippen LogP contribution in [0.3, 0.4) is 0 Å². The molecule has 140 valence electrons. The lowest BCUT2D eigenvalue weighted by molar-refractivity contribution is 0.119. The molecule has 0 saturated carbocycles. The van der Waals surface area contributed by atoms with Crippen LogP contribution in [0.15, 0.2) is 11.6 Å². The predicted octanol–water partition coefficient (Wildman–Crippen LogP) is 3.02. The molecule has 1 atom stereocenters. The van der Waals surface area contributed by atoms with Gasteiger partial charge in [-0.2, -0.15) is 0 Å². The van der Waals surface area contributed by atoms with Crippen LogP contribution in [0, 0.1) is 0 Å². The van der Waals surface area contributed by atoms with Crippen LogP contribution in [-0.2, 0) is 17.8 Å².